The molecule has 0 unspecified atom stereocenters. The number of benzene rings is 2. The van der Waals surface area contributed by atoms with Gasteiger partial charge in [-0.05, 0) is 80.3 Å². The lowest BCUT2D eigenvalue weighted by molar-refractivity contribution is -0.0621. The Morgan fingerprint density at radius 2 is 1.92 bits per heavy atom. The highest BCUT2D eigenvalue weighted by atomic mass is 35.5. The zero-order valence-electron chi connectivity index (χ0n) is 21.4. The van der Waals surface area contributed by atoms with Crippen LogP contribution in [-0.2, 0) is 13.1 Å². The van der Waals surface area contributed by atoms with Crippen molar-refractivity contribution >= 4 is 11.6 Å². The van der Waals surface area contributed by atoms with Gasteiger partial charge in [-0.2, -0.15) is 5.10 Å². The van der Waals surface area contributed by atoms with Gasteiger partial charge >= 0.3 is 0 Å². The van der Waals surface area contributed by atoms with E-state index in [9.17, 15) is 5.11 Å². The molecule has 36 heavy (non-hydrogen) atoms. The van der Waals surface area contributed by atoms with Crippen molar-refractivity contribution in [1.82, 2.24) is 14.7 Å². The minimum absolute atomic E-state index is 0.247. The van der Waals surface area contributed by atoms with Gasteiger partial charge in [-0.25, -0.2) is 0 Å². The van der Waals surface area contributed by atoms with Crippen LogP contribution in [0, 0.1) is 13.8 Å². The average molecular weight is 514 g/mol. The fraction of sp³-hybridized carbons (Fsp3) is 0.464. The van der Waals surface area contributed by atoms with Crippen molar-refractivity contribution in [2.75, 3.05) is 33.4 Å². The smallest absolute Gasteiger partial charge is 0.161 e. The first-order chi connectivity index (χ1) is 17.3. The van der Waals surface area contributed by atoms with Crippen LogP contribution in [0.1, 0.15) is 36.0 Å². The Bertz CT molecular complexity index is 1110. The van der Waals surface area contributed by atoms with Crippen LogP contribution >= 0.6 is 11.6 Å². The van der Waals surface area contributed by atoms with E-state index in [4.69, 9.17) is 25.8 Å². The number of hydrogen-bond donors (Lipinski definition) is 1. The summed E-state index contributed by atoms with van der Waals surface area (Å²) in [5.41, 5.74) is 2.16. The fourth-order valence-electron chi connectivity index (χ4n) is 4.70. The number of rotatable bonds is 11. The number of ether oxygens (including phenoxy) is 3. The Kier molecular flexibility index (Phi) is 8.77. The van der Waals surface area contributed by atoms with Crippen molar-refractivity contribution in [3.05, 3.63) is 70.5 Å². The van der Waals surface area contributed by atoms with Crippen molar-refractivity contribution < 1.29 is 19.3 Å². The van der Waals surface area contributed by atoms with E-state index in [1.807, 2.05) is 55.1 Å². The lowest BCUT2D eigenvalue weighted by Gasteiger charge is -2.39. The number of likely N-dealkylation sites (tertiary alicyclic amines) is 1. The lowest BCUT2D eigenvalue weighted by atomic mass is 9.93. The first kappa shape index (κ1) is 26.3. The van der Waals surface area contributed by atoms with Crippen LogP contribution in [-0.4, -0.2) is 58.8 Å². The predicted octanol–water partition coefficient (Wildman–Crippen LogP) is 5.04. The molecular formula is C28H36ClN3O4. The van der Waals surface area contributed by atoms with Crippen molar-refractivity contribution in [3.8, 4) is 17.2 Å². The molecule has 0 bridgehead atoms. The molecule has 0 aliphatic carbocycles. The Labute approximate surface area is 218 Å². The highest BCUT2D eigenvalue weighted by Crippen LogP contribution is 2.31. The van der Waals surface area contributed by atoms with Crippen LogP contribution in [0.3, 0.4) is 0 Å². The van der Waals surface area contributed by atoms with Crippen LogP contribution in [0.15, 0.2) is 48.8 Å². The molecule has 4 rings (SSSR count). The maximum absolute atomic E-state index is 11.3. The lowest BCUT2D eigenvalue weighted by Crippen LogP contribution is -2.51. The molecule has 0 amide bonds. The second-order valence-corrected chi connectivity index (χ2v) is 10.0. The minimum Gasteiger partial charge on any atom is -0.493 e. The van der Waals surface area contributed by atoms with E-state index in [0.717, 1.165) is 71.4 Å². The van der Waals surface area contributed by atoms with E-state index >= 15 is 0 Å². The normalized spacial score (nSPS) is 18.2. The number of aromatic nitrogens is 2. The third-order valence-electron chi connectivity index (χ3n) is 6.53. The van der Waals surface area contributed by atoms with Crippen LogP contribution in [0.5, 0.6) is 17.2 Å². The molecule has 1 aromatic heterocycles. The Morgan fingerprint density at radius 1 is 1.11 bits per heavy atom. The van der Waals surface area contributed by atoms with Gasteiger partial charge < -0.3 is 19.3 Å². The Morgan fingerprint density at radius 3 is 2.64 bits per heavy atom. The SMILES string of the molecule is COc1ccc(CN2CCC[C@](O)(COc3cc(C)c(Cl)c(C)c3)C2)cc1OCCCn1cccn1. The quantitative estimate of drug-likeness (QED) is 0.362. The average Bonchev–Trinajstić information content (AvgIpc) is 3.38. The van der Waals surface area contributed by atoms with E-state index in [1.165, 1.54) is 0 Å². The summed E-state index contributed by atoms with van der Waals surface area (Å²) < 4.78 is 19.5. The molecule has 1 fully saturated rings. The van der Waals surface area contributed by atoms with Crippen molar-refractivity contribution in [3.63, 3.8) is 0 Å². The van der Waals surface area contributed by atoms with Gasteiger partial charge in [0.2, 0.25) is 0 Å². The van der Waals surface area contributed by atoms with Gasteiger partial charge in [0.05, 0.1) is 13.7 Å². The molecule has 7 nitrogen and oxygen atoms in total. The number of hydrogen-bond acceptors (Lipinski definition) is 6. The van der Waals surface area contributed by atoms with Crippen molar-refractivity contribution in [2.24, 2.45) is 0 Å². The van der Waals surface area contributed by atoms with Gasteiger partial charge in [-0.15, -0.1) is 0 Å². The van der Waals surface area contributed by atoms with Gasteiger partial charge in [0.25, 0.3) is 0 Å². The van der Waals surface area contributed by atoms with Gasteiger partial charge in [-0.3, -0.25) is 9.58 Å². The molecule has 2 heterocycles. The first-order valence-electron chi connectivity index (χ1n) is 12.5. The third-order valence-corrected chi connectivity index (χ3v) is 7.13. The van der Waals surface area contributed by atoms with Crippen LogP contribution in [0.25, 0.3) is 0 Å². The molecule has 1 aliphatic heterocycles. The van der Waals surface area contributed by atoms with E-state index in [0.29, 0.717) is 19.6 Å². The molecule has 0 saturated carbocycles. The van der Waals surface area contributed by atoms with Gasteiger partial charge in [-0.1, -0.05) is 17.7 Å². The number of methoxy groups -OCH3 is 1. The molecule has 1 saturated heterocycles. The second-order valence-electron chi connectivity index (χ2n) is 9.65. The third kappa shape index (κ3) is 6.93. The summed E-state index contributed by atoms with van der Waals surface area (Å²) in [6.45, 7) is 7.74. The zero-order valence-corrected chi connectivity index (χ0v) is 22.1. The molecule has 3 aromatic rings. The number of piperidine rings is 1. The summed E-state index contributed by atoms with van der Waals surface area (Å²) in [7, 11) is 1.65. The summed E-state index contributed by atoms with van der Waals surface area (Å²) in [5, 5.41) is 16.3. The van der Waals surface area contributed by atoms with Gasteiger partial charge in [0.15, 0.2) is 11.5 Å². The summed E-state index contributed by atoms with van der Waals surface area (Å²) in [5.74, 6) is 2.19. The largest absolute Gasteiger partial charge is 0.493 e. The molecule has 8 heteroatoms. The molecule has 1 atom stereocenters. The highest BCUT2D eigenvalue weighted by Gasteiger charge is 2.34. The standard InChI is InChI=1S/C28H36ClN3O4/c1-21-15-24(16-22(2)27(21)29)36-20-28(33)9-4-11-31(19-28)18-23-7-8-25(34-3)26(17-23)35-14-6-13-32-12-5-10-30-32/h5,7-8,10,12,15-17,33H,4,6,9,11,13-14,18-20H2,1-3H3/t28-/m1/s1. The summed E-state index contributed by atoms with van der Waals surface area (Å²) in [4.78, 5) is 2.27. The van der Waals surface area contributed by atoms with Crippen LogP contribution < -0.4 is 14.2 Å². The van der Waals surface area contributed by atoms with Crippen molar-refractivity contribution in [1.29, 1.82) is 0 Å². The predicted molar refractivity (Wildman–Crippen MR) is 141 cm³/mol. The number of aliphatic hydroxyl groups is 1. The number of aryl methyl sites for hydroxylation is 3. The first-order valence-corrected chi connectivity index (χ1v) is 12.8. The Hall–Kier alpha value is -2.74. The van der Waals surface area contributed by atoms with Gasteiger partial charge in [0.1, 0.15) is 18.0 Å². The summed E-state index contributed by atoms with van der Waals surface area (Å²) in [6.07, 6.45) is 6.19. The molecule has 2 aromatic carbocycles. The van der Waals surface area contributed by atoms with E-state index in [2.05, 4.69) is 16.1 Å². The second kappa shape index (κ2) is 12.0. The zero-order chi connectivity index (χ0) is 25.5. The summed E-state index contributed by atoms with van der Waals surface area (Å²) in [6, 6.07) is 11.8. The van der Waals surface area contributed by atoms with Gasteiger partial charge in [0, 0.05) is 43.5 Å². The monoisotopic (exact) mass is 513 g/mol. The van der Waals surface area contributed by atoms with Crippen LogP contribution in [0.2, 0.25) is 5.02 Å². The Balaban J connectivity index is 1.33. The number of nitrogens with zero attached hydrogens (tertiary/aromatic N) is 3. The fourth-order valence-corrected chi connectivity index (χ4v) is 4.81. The maximum atomic E-state index is 11.3. The molecule has 194 valence electrons. The van der Waals surface area contributed by atoms with E-state index in [-0.39, 0.29) is 6.61 Å². The molecule has 0 spiro atoms. The minimum atomic E-state index is -0.905. The van der Waals surface area contributed by atoms with E-state index in [1.54, 1.807) is 13.3 Å². The molecule has 0 radical (unpaired) electrons. The maximum Gasteiger partial charge on any atom is 0.161 e. The number of halogens is 1. The topological polar surface area (TPSA) is 69.0 Å². The molecule has 1 aliphatic rings. The number of β-amino-alcohol motifs (C(OH)–C–C–N with tert-alkyl or cyclic N) is 1. The highest BCUT2D eigenvalue weighted by molar-refractivity contribution is 6.32. The molecule has 1 N–H and O–H groups in total. The van der Waals surface area contributed by atoms with E-state index < -0.39 is 5.60 Å². The van der Waals surface area contributed by atoms with Crippen LogP contribution in [0.4, 0.5) is 0 Å². The van der Waals surface area contributed by atoms with Crippen molar-refractivity contribution in [2.45, 2.75) is 51.8 Å². The summed E-state index contributed by atoms with van der Waals surface area (Å²) >= 11 is 6.28. The molecular weight excluding hydrogens is 478 g/mol.